The molecule has 1 aliphatic rings. The molecular formula is C21H21N3O5S. The first kappa shape index (κ1) is 22.9. The van der Waals surface area contributed by atoms with Crippen molar-refractivity contribution in [3.8, 4) is 6.07 Å². The number of rotatable bonds is 5. The van der Waals surface area contributed by atoms with Crippen molar-refractivity contribution in [1.82, 2.24) is 4.31 Å². The Hall–Kier alpha value is -3.35. The lowest BCUT2D eigenvalue weighted by Gasteiger charge is -2.25. The van der Waals surface area contributed by atoms with Gasteiger partial charge in [-0.15, -0.1) is 0 Å². The summed E-state index contributed by atoms with van der Waals surface area (Å²) in [6.45, 7) is 2.81. The zero-order chi connectivity index (χ0) is 21.9. The highest BCUT2D eigenvalue weighted by atomic mass is 32.2. The first-order valence-electron chi connectivity index (χ1n) is 9.18. The van der Waals surface area contributed by atoms with E-state index in [4.69, 9.17) is 10.00 Å². The third kappa shape index (κ3) is 6.62. The average Bonchev–Trinajstić information content (AvgIpc) is 2.80. The first-order chi connectivity index (χ1) is 14.5. The van der Waals surface area contributed by atoms with Crippen LogP contribution in [0.25, 0.3) is 0 Å². The van der Waals surface area contributed by atoms with Gasteiger partial charge in [0, 0.05) is 30.8 Å². The quantitative estimate of drug-likeness (QED) is 0.411. The van der Waals surface area contributed by atoms with Crippen LogP contribution in [0.1, 0.15) is 18.9 Å². The van der Waals surface area contributed by atoms with Crippen LogP contribution in [0.4, 0.5) is 5.69 Å². The van der Waals surface area contributed by atoms with Crippen molar-refractivity contribution >= 4 is 22.6 Å². The van der Waals surface area contributed by atoms with Crippen molar-refractivity contribution in [2.75, 3.05) is 19.7 Å². The molecule has 0 aromatic heterocycles. The van der Waals surface area contributed by atoms with E-state index >= 15 is 0 Å². The van der Waals surface area contributed by atoms with Gasteiger partial charge in [-0.2, -0.15) is 5.26 Å². The molecule has 156 valence electrons. The molecular weight excluding hydrogens is 406 g/mol. The van der Waals surface area contributed by atoms with Crippen LogP contribution in [-0.2, 0) is 20.5 Å². The van der Waals surface area contributed by atoms with Crippen molar-refractivity contribution in [2.24, 2.45) is 0 Å². The van der Waals surface area contributed by atoms with Gasteiger partial charge >= 0.3 is 5.97 Å². The molecule has 2 aromatic carbocycles. The Labute approximate surface area is 177 Å². The molecule has 0 bridgehead atoms. The van der Waals surface area contributed by atoms with E-state index in [0.29, 0.717) is 35.6 Å². The largest absolute Gasteiger partial charge is 0.463 e. The molecule has 0 spiro atoms. The normalized spacial score (nSPS) is 14.3. The van der Waals surface area contributed by atoms with Crippen LogP contribution in [0, 0.1) is 21.4 Å². The van der Waals surface area contributed by atoms with E-state index in [-0.39, 0.29) is 12.2 Å². The second-order valence-electron chi connectivity index (χ2n) is 6.08. The number of nitriles is 1. The van der Waals surface area contributed by atoms with Crippen molar-refractivity contribution in [3.05, 3.63) is 81.9 Å². The monoisotopic (exact) mass is 427 g/mol. The summed E-state index contributed by atoms with van der Waals surface area (Å²) in [5, 5.41) is 18.9. The molecule has 1 atom stereocenters. The molecule has 0 aliphatic carbocycles. The number of hydrogen-bond acceptors (Lipinski definition) is 6. The summed E-state index contributed by atoms with van der Waals surface area (Å²) in [6, 6.07) is 16.7. The van der Waals surface area contributed by atoms with E-state index in [1.54, 1.807) is 29.4 Å². The van der Waals surface area contributed by atoms with Gasteiger partial charge in [0.25, 0.3) is 5.69 Å². The maximum absolute atomic E-state index is 12.5. The van der Waals surface area contributed by atoms with E-state index < -0.39 is 21.9 Å². The maximum atomic E-state index is 12.5. The predicted octanol–water partition coefficient (Wildman–Crippen LogP) is 3.37. The molecule has 1 heterocycles. The van der Waals surface area contributed by atoms with Gasteiger partial charge in [0.05, 0.1) is 28.1 Å². The zero-order valence-electron chi connectivity index (χ0n) is 16.4. The Balaban J connectivity index is 0.000000335. The minimum atomic E-state index is -1.47. The second-order valence-corrected chi connectivity index (χ2v) is 7.57. The van der Waals surface area contributed by atoms with Crippen LogP contribution in [-0.4, -0.2) is 39.1 Å². The number of hydrogen-bond donors (Lipinski definition) is 0. The van der Waals surface area contributed by atoms with Crippen LogP contribution < -0.4 is 0 Å². The van der Waals surface area contributed by atoms with Gasteiger partial charge in [-0.25, -0.2) is 13.3 Å². The fourth-order valence-electron chi connectivity index (χ4n) is 2.58. The molecule has 2 aromatic rings. The number of carbonyl (C=O) groups is 1. The molecule has 9 heteroatoms. The van der Waals surface area contributed by atoms with Gasteiger partial charge in [-0.1, -0.05) is 24.3 Å². The fraction of sp³-hybridized carbons (Fsp3) is 0.238. The van der Waals surface area contributed by atoms with Crippen LogP contribution in [0.3, 0.4) is 0 Å². The smallest absolute Gasteiger partial charge is 0.335 e. The van der Waals surface area contributed by atoms with Crippen molar-refractivity contribution in [3.63, 3.8) is 0 Å². The number of non-ortho nitro benzene ring substituents is 1. The van der Waals surface area contributed by atoms with Gasteiger partial charge in [-0.05, 0) is 37.6 Å². The van der Waals surface area contributed by atoms with Crippen molar-refractivity contribution < 1.29 is 18.7 Å². The Morgan fingerprint density at radius 1 is 1.23 bits per heavy atom. The number of nitro benzene ring substituents is 1. The lowest BCUT2D eigenvalue weighted by atomic mass is 10.1. The SMILES string of the molecule is CCOC(=O)C1=CCCN(S(=O)c2ccc([N+](=O)[O-])cc2)C1.N#Cc1ccccc1. The summed E-state index contributed by atoms with van der Waals surface area (Å²) < 4.78 is 19.1. The van der Waals surface area contributed by atoms with Crippen molar-refractivity contribution in [2.45, 2.75) is 18.2 Å². The highest BCUT2D eigenvalue weighted by Gasteiger charge is 2.24. The molecule has 8 nitrogen and oxygen atoms in total. The van der Waals surface area contributed by atoms with Gasteiger partial charge < -0.3 is 4.74 Å². The Bertz CT molecular complexity index is 968. The molecule has 3 rings (SSSR count). The third-order valence-electron chi connectivity index (χ3n) is 4.04. The summed E-state index contributed by atoms with van der Waals surface area (Å²) in [4.78, 5) is 22.3. The summed E-state index contributed by atoms with van der Waals surface area (Å²) in [5.41, 5.74) is 1.15. The zero-order valence-corrected chi connectivity index (χ0v) is 17.2. The molecule has 30 heavy (non-hydrogen) atoms. The predicted molar refractivity (Wildman–Crippen MR) is 112 cm³/mol. The van der Waals surface area contributed by atoms with E-state index in [0.717, 1.165) is 0 Å². The van der Waals surface area contributed by atoms with Gasteiger partial charge in [-0.3, -0.25) is 10.1 Å². The lowest BCUT2D eigenvalue weighted by Crippen LogP contribution is -2.34. The summed E-state index contributed by atoms with van der Waals surface area (Å²) in [5.74, 6) is -0.395. The summed E-state index contributed by atoms with van der Waals surface area (Å²) >= 11 is 0. The molecule has 0 amide bonds. The van der Waals surface area contributed by atoms with Crippen molar-refractivity contribution in [1.29, 1.82) is 5.26 Å². The lowest BCUT2D eigenvalue weighted by molar-refractivity contribution is -0.384. The van der Waals surface area contributed by atoms with Crippen LogP contribution in [0.5, 0.6) is 0 Å². The molecule has 1 unspecified atom stereocenters. The highest BCUT2D eigenvalue weighted by Crippen LogP contribution is 2.20. The van der Waals surface area contributed by atoms with Gasteiger partial charge in [0.15, 0.2) is 0 Å². The number of esters is 1. The Kier molecular flexibility index (Phi) is 8.87. The van der Waals surface area contributed by atoms with Crippen LogP contribution >= 0.6 is 0 Å². The topological polar surface area (TPSA) is 114 Å². The molecule has 0 saturated carbocycles. The van der Waals surface area contributed by atoms with Crippen LogP contribution in [0.2, 0.25) is 0 Å². The maximum Gasteiger partial charge on any atom is 0.335 e. The average molecular weight is 427 g/mol. The van der Waals surface area contributed by atoms with E-state index in [1.165, 1.54) is 24.3 Å². The van der Waals surface area contributed by atoms with E-state index in [2.05, 4.69) is 0 Å². The Morgan fingerprint density at radius 2 is 1.90 bits per heavy atom. The number of carbonyl (C=O) groups excluding carboxylic acids is 1. The van der Waals surface area contributed by atoms with Gasteiger partial charge in [0.2, 0.25) is 0 Å². The first-order valence-corrected chi connectivity index (χ1v) is 10.3. The van der Waals surface area contributed by atoms with Crippen LogP contribution in [0.15, 0.2) is 71.1 Å². The molecule has 1 aliphatic heterocycles. The number of nitro groups is 1. The molecule has 0 N–H and O–H groups in total. The minimum Gasteiger partial charge on any atom is -0.463 e. The molecule has 0 radical (unpaired) electrons. The molecule has 0 saturated heterocycles. The van der Waals surface area contributed by atoms with Gasteiger partial charge in [0.1, 0.15) is 11.0 Å². The fourth-order valence-corrected chi connectivity index (χ4v) is 3.77. The highest BCUT2D eigenvalue weighted by molar-refractivity contribution is 7.82. The molecule has 0 fully saturated rings. The number of ether oxygens (including phenoxy) is 1. The number of nitrogens with zero attached hydrogens (tertiary/aromatic N) is 3. The summed E-state index contributed by atoms with van der Waals surface area (Å²) in [7, 11) is -1.47. The third-order valence-corrected chi connectivity index (χ3v) is 5.50. The standard InChI is InChI=1S/C14H16N2O5S.C7H5N/c1-2-21-14(17)11-4-3-9-15(10-11)22(20)13-7-5-12(6-8-13)16(18)19;8-6-7-4-2-1-3-5-7/h4-8H,2-3,9-10H2,1H3;1-5H. The van der Waals surface area contributed by atoms with E-state index in [1.807, 2.05) is 24.3 Å². The Morgan fingerprint density at radius 3 is 2.43 bits per heavy atom. The second kappa shape index (κ2) is 11.6. The summed E-state index contributed by atoms with van der Waals surface area (Å²) in [6.07, 6.45) is 2.40. The minimum absolute atomic E-state index is 0.0495. The van der Waals surface area contributed by atoms with E-state index in [9.17, 15) is 19.1 Å². The number of benzene rings is 2.